The molecule has 5 rings (SSSR count). The largest absolute Gasteiger partial charge is 0.330 e. The predicted octanol–water partition coefficient (Wildman–Crippen LogP) is 3.21. The third-order valence-electron chi connectivity index (χ3n) is 5.56. The molecular formula is C23H24N6. The van der Waals surface area contributed by atoms with Crippen molar-refractivity contribution in [2.75, 3.05) is 6.54 Å². The fourth-order valence-corrected chi connectivity index (χ4v) is 4.29. The van der Waals surface area contributed by atoms with Gasteiger partial charge in [-0.25, -0.2) is 4.98 Å². The van der Waals surface area contributed by atoms with Crippen LogP contribution in [0, 0.1) is 0 Å². The van der Waals surface area contributed by atoms with Crippen LogP contribution in [0.2, 0.25) is 0 Å². The Morgan fingerprint density at radius 2 is 1.93 bits per heavy atom. The fourth-order valence-electron chi connectivity index (χ4n) is 4.29. The van der Waals surface area contributed by atoms with Crippen LogP contribution in [0.15, 0.2) is 73.6 Å². The third kappa shape index (κ3) is 3.71. The van der Waals surface area contributed by atoms with Gasteiger partial charge in [0, 0.05) is 63.2 Å². The zero-order chi connectivity index (χ0) is 19.6. The molecule has 0 bridgehead atoms. The Morgan fingerprint density at radius 1 is 1.00 bits per heavy atom. The average molecular weight is 384 g/mol. The molecular weight excluding hydrogens is 360 g/mol. The Labute approximate surface area is 170 Å². The SMILES string of the molecule is Cn1cc(CN2Cc3ccccc3C(c3nccn3Cc3cccnc3)C2)cn1. The molecule has 3 aromatic heterocycles. The van der Waals surface area contributed by atoms with Gasteiger partial charge in [0.2, 0.25) is 0 Å². The summed E-state index contributed by atoms with van der Waals surface area (Å²) in [7, 11) is 1.97. The van der Waals surface area contributed by atoms with Crippen LogP contribution in [0.3, 0.4) is 0 Å². The van der Waals surface area contributed by atoms with E-state index in [1.165, 1.54) is 22.3 Å². The number of hydrogen-bond donors (Lipinski definition) is 0. The van der Waals surface area contributed by atoms with Gasteiger partial charge in [-0.1, -0.05) is 30.3 Å². The first kappa shape index (κ1) is 17.8. The second kappa shape index (κ2) is 7.64. The fraction of sp³-hybridized carbons (Fsp3) is 0.261. The van der Waals surface area contributed by atoms with Gasteiger partial charge in [0.25, 0.3) is 0 Å². The molecule has 0 saturated heterocycles. The Kier molecular flexibility index (Phi) is 4.69. The van der Waals surface area contributed by atoms with Crippen LogP contribution in [0.1, 0.15) is 34.0 Å². The van der Waals surface area contributed by atoms with Gasteiger partial charge >= 0.3 is 0 Å². The van der Waals surface area contributed by atoms with Crippen molar-refractivity contribution in [1.29, 1.82) is 0 Å². The normalized spacial score (nSPS) is 16.7. The zero-order valence-corrected chi connectivity index (χ0v) is 16.5. The number of pyridine rings is 1. The average Bonchev–Trinajstić information content (AvgIpc) is 3.37. The van der Waals surface area contributed by atoms with Gasteiger partial charge in [-0.3, -0.25) is 14.6 Å². The van der Waals surface area contributed by atoms with Crippen molar-refractivity contribution in [2.45, 2.75) is 25.6 Å². The summed E-state index contributed by atoms with van der Waals surface area (Å²) in [5.74, 6) is 1.35. The molecule has 1 aromatic carbocycles. The summed E-state index contributed by atoms with van der Waals surface area (Å²) < 4.78 is 4.12. The molecule has 1 aliphatic heterocycles. The lowest BCUT2D eigenvalue weighted by molar-refractivity contribution is 0.228. The van der Waals surface area contributed by atoms with Crippen molar-refractivity contribution in [1.82, 2.24) is 29.2 Å². The number of rotatable bonds is 5. The lowest BCUT2D eigenvalue weighted by Crippen LogP contribution is -2.34. The molecule has 4 aromatic rings. The number of fused-ring (bicyclic) bond motifs is 1. The van der Waals surface area contributed by atoms with E-state index >= 15 is 0 Å². The van der Waals surface area contributed by atoms with Gasteiger partial charge in [0.1, 0.15) is 5.82 Å². The first-order chi connectivity index (χ1) is 14.3. The quantitative estimate of drug-likeness (QED) is 0.530. The molecule has 0 radical (unpaired) electrons. The molecule has 6 nitrogen and oxygen atoms in total. The Balaban J connectivity index is 1.46. The Hall–Kier alpha value is -3.25. The van der Waals surface area contributed by atoms with Crippen LogP contribution in [0.25, 0.3) is 0 Å². The zero-order valence-electron chi connectivity index (χ0n) is 16.5. The van der Waals surface area contributed by atoms with E-state index in [1.807, 2.05) is 42.6 Å². The van der Waals surface area contributed by atoms with Crippen molar-refractivity contribution >= 4 is 0 Å². The molecule has 146 valence electrons. The molecule has 0 spiro atoms. The third-order valence-corrected chi connectivity index (χ3v) is 5.56. The molecule has 0 N–H and O–H groups in total. The van der Waals surface area contributed by atoms with E-state index in [4.69, 9.17) is 4.98 Å². The van der Waals surface area contributed by atoms with E-state index in [1.54, 1.807) is 0 Å². The van der Waals surface area contributed by atoms with E-state index in [-0.39, 0.29) is 5.92 Å². The minimum Gasteiger partial charge on any atom is -0.330 e. The summed E-state index contributed by atoms with van der Waals surface area (Å²) in [6.45, 7) is 3.56. The number of hydrogen-bond acceptors (Lipinski definition) is 4. The maximum absolute atomic E-state index is 4.78. The summed E-state index contributed by atoms with van der Waals surface area (Å²) in [6.07, 6.45) is 11.8. The first-order valence-corrected chi connectivity index (χ1v) is 9.94. The Morgan fingerprint density at radius 3 is 2.76 bits per heavy atom. The summed E-state index contributed by atoms with van der Waals surface area (Å²) >= 11 is 0. The number of aryl methyl sites for hydroxylation is 1. The van der Waals surface area contributed by atoms with Crippen molar-refractivity contribution in [3.8, 4) is 0 Å². The van der Waals surface area contributed by atoms with Gasteiger partial charge in [0.05, 0.1) is 18.7 Å². The highest BCUT2D eigenvalue weighted by Crippen LogP contribution is 2.33. The summed E-state index contributed by atoms with van der Waals surface area (Å²) in [6, 6.07) is 12.9. The second-order valence-electron chi connectivity index (χ2n) is 7.72. The maximum Gasteiger partial charge on any atom is 0.117 e. The number of benzene rings is 1. The van der Waals surface area contributed by atoms with Crippen LogP contribution in [-0.2, 0) is 26.7 Å². The van der Waals surface area contributed by atoms with Crippen molar-refractivity contribution in [3.63, 3.8) is 0 Å². The van der Waals surface area contributed by atoms with Crippen molar-refractivity contribution < 1.29 is 0 Å². The van der Waals surface area contributed by atoms with Gasteiger partial charge in [-0.05, 0) is 22.8 Å². The van der Waals surface area contributed by atoms with Crippen LogP contribution >= 0.6 is 0 Å². The van der Waals surface area contributed by atoms with Crippen LogP contribution < -0.4 is 0 Å². The molecule has 6 heteroatoms. The molecule has 1 aliphatic rings. The van der Waals surface area contributed by atoms with Gasteiger partial charge in [-0.2, -0.15) is 5.10 Å². The first-order valence-electron chi connectivity index (χ1n) is 9.94. The number of nitrogens with zero attached hydrogens (tertiary/aromatic N) is 6. The standard InChI is InChI=1S/C23H24N6/c1-27-13-19(12-26-27)14-28-16-20-6-2-3-7-21(20)22(17-28)23-25-9-10-29(23)15-18-5-4-8-24-11-18/h2-13,22H,14-17H2,1H3. The van der Waals surface area contributed by atoms with E-state index in [0.717, 1.165) is 32.0 Å². The minimum absolute atomic E-state index is 0.239. The van der Waals surface area contributed by atoms with E-state index in [0.29, 0.717) is 0 Å². The Bertz CT molecular complexity index is 1100. The molecule has 1 unspecified atom stereocenters. The molecule has 1 atom stereocenters. The number of aromatic nitrogens is 5. The van der Waals surface area contributed by atoms with Crippen LogP contribution in [0.5, 0.6) is 0 Å². The second-order valence-corrected chi connectivity index (χ2v) is 7.72. The van der Waals surface area contributed by atoms with Crippen LogP contribution in [-0.4, -0.2) is 35.8 Å². The van der Waals surface area contributed by atoms with Gasteiger partial charge in [-0.15, -0.1) is 0 Å². The van der Waals surface area contributed by atoms with Gasteiger partial charge < -0.3 is 4.57 Å². The topological polar surface area (TPSA) is 51.8 Å². The summed E-state index contributed by atoms with van der Waals surface area (Å²) in [5, 5.41) is 4.32. The lowest BCUT2D eigenvalue weighted by atomic mass is 9.88. The highest BCUT2D eigenvalue weighted by molar-refractivity contribution is 5.37. The minimum atomic E-state index is 0.239. The van der Waals surface area contributed by atoms with Crippen molar-refractivity contribution in [2.24, 2.45) is 7.05 Å². The highest BCUT2D eigenvalue weighted by atomic mass is 15.2. The molecule has 0 fully saturated rings. The summed E-state index contributed by atoms with van der Waals surface area (Å²) in [4.78, 5) is 11.5. The molecule has 0 aliphatic carbocycles. The highest BCUT2D eigenvalue weighted by Gasteiger charge is 2.29. The maximum atomic E-state index is 4.78. The molecule has 29 heavy (non-hydrogen) atoms. The van der Waals surface area contributed by atoms with E-state index in [9.17, 15) is 0 Å². The monoisotopic (exact) mass is 384 g/mol. The molecule has 0 amide bonds. The van der Waals surface area contributed by atoms with Crippen molar-refractivity contribution in [3.05, 3.63) is 102 Å². The molecule has 0 saturated carbocycles. The molecule has 4 heterocycles. The van der Waals surface area contributed by atoms with Gasteiger partial charge in [0.15, 0.2) is 0 Å². The lowest BCUT2D eigenvalue weighted by Gasteiger charge is -2.34. The number of imidazole rings is 1. The van der Waals surface area contributed by atoms with Crippen LogP contribution in [0.4, 0.5) is 0 Å². The smallest absolute Gasteiger partial charge is 0.117 e. The van der Waals surface area contributed by atoms with E-state index in [2.05, 4.69) is 62.3 Å². The van der Waals surface area contributed by atoms with E-state index < -0.39 is 0 Å². The predicted molar refractivity (Wildman–Crippen MR) is 111 cm³/mol. The summed E-state index contributed by atoms with van der Waals surface area (Å²) in [5.41, 5.74) is 5.18.